The van der Waals surface area contributed by atoms with E-state index < -0.39 is 11.2 Å². The van der Waals surface area contributed by atoms with Crippen LogP contribution in [0.2, 0.25) is 0 Å². The van der Waals surface area contributed by atoms with Crippen LogP contribution in [0.3, 0.4) is 0 Å². The predicted molar refractivity (Wildman–Crippen MR) is 88.2 cm³/mol. The number of morpholine rings is 1. The summed E-state index contributed by atoms with van der Waals surface area (Å²) in [6.07, 6.45) is 1.33. The number of H-pyrrole nitrogens is 1. The van der Waals surface area contributed by atoms with Crippen molar-refractivity contribution < 1.29 is 9.53 Å². The molecule has 1 aliphatic heterocycles. The molecule has 1 fully saturated rings. The molecular formula is C16H20N4O4. The summed E-state index contributed by atoms with van der Waals surface area (Å²) in [5, 5.41) is 0.233. The van der Waals surface area contributed by atoms with Crippen LogP contribution in [0.25, 0.3) is 11.0 Å². The summed E-state index contributed by atoms with van der Waals surface area (Å²) >= 11 is 0. The minimum absolute atomic E-state index is 0.0419. The molecule has 8 heteroatoms. The Morgan fingerprint density at radius 2 is 2.00 bits per heavy atom. The Balaban J connectivity index is 2.03. The molecule has 8 nitrogen and oxygen atoms in total. The molecule has 0 aromatic carbocycles. The van der Waals surface area contributed by atoms with E-state index in [1.165, 1.54) is 16.8 Å². The van der Waals surface area contributed by atoms with Crippen molar-refractivity contribution in [3.63, 3.8) is 0 Å². The van der Waals surface area contributed by atoms with Crippen LogP contribution in [0.1, 0.15) is 31.1 Å². The summed E-state index contributed by atoms with van der Waals surface area (Å²) in [5.41, 5.74) is -0.426. The van der Waals surface area contributed by atoms with Gasteiger partial charge in [-0.1, -0.05) is 0 Å². The van der Waals surface area contributed by atoms with Crippen LogP contribution < -0.4 is 11.2 Å². The van der Waals surface area contributed by atoms with Crippen LogP contribution in [0.15, 0.2) is 21.9 Å². The number of carbonyl (C=O) groups is 1. The minimum atomic E-state index is -0.537. The van der Waals surface area contributed by atoms with E-state index in [2.05, 4.69) is 9.97 Å². The fraction of sp³-hybridized carbons (Fsp3) is 0.500. The van der Waals surface area contributed by atoms with Crippen LogP contribution in [0.4, 0.5) is 0 Å². The number of hydrogen-bond acceptors (Lipinski definition) is 5. The molecule has 0 aliphatic carbocycles. The summed E-state index contributed by atoms with van der Waals surface area (Å²) in [4.78, 5) is 44.7. The lowest BCUT2D eigenvalue weighted by Crippen LogP contribution is -2.48. The molecule has 1 aliphatic rings. The van der Waals surface area contributed by atoms with E-state index in [-0.39, 0.29) is 29.1 Å². The van der Waals surface area contributed by atoms with Crippen LogP contribution in [-0.2, 0) is 11.3 Å². The summed E-state index contributed by atoms with van der Waals surface area (Å²) in [5.74, 6) is -0.194. The molecule has 2 aromatic rings. The van der Waals surface area contributed by atoms with Crippen LogP contribution in [0.5, 0.6) is 0 Å². The third-order valence-electron chi connectivity index (χ3n) is 4.10. The van der Waals surface area contributed by atoms with Gasteiger partial charge in [0, 0.05) is 25.8 Å². The lowest BCUT2D eigenvalue weighted by molar-refractivity contribution is -0.0586. The van der Waals surface area contributed by atoms with E-state index in [1.807, 2.05) is 13.8 Å². The summed E-state index contributed by atoms with van der Waals surface area (Å²) in [6.45, 7) is 6.98. The number of fused-ring (bicyclic) bond motifs is 1. The number of aromatic nitrogens is 3. The number of rotatable bonds is 2. The van der Waals surface area contributed by atoms with Gasteiger partial charge in [-0.05, 0) is 26.8 Å². The molecule has 2 aromatic heterocycles. The van der Waals surface area contributed by atoms with E-state index in [4.69, 9.17) is 4.74 Å². The number of ether oxygens (including phenoxy) is 1. The highest BCUT2D eigenvalue weighted by Crippen LogP contribution is 2.15. The highest BCUT2D eigenvalue weighted by molar-refractivity contribution is 5.96. The van der Waals surface area contributed by atoms with Crippen molar-refractivity contribution in [3.8, 4) is 0 Å². The van der Waals surface area contributed by atoms with Crippen molar-refractivity contribution in [1.82, 2.24) is 19.4 Å². The zero-order chi connectivity index (χ0) is 17.4. The number of nitrogens with zero attached hydrogens (tertiary/aromatic N) is 3. The van der Waals surface area contributed by atoms with Crippen LogP contribution >= 0.6 is 0 Å². The molecule has 2 atom stereocenters. The van der Waals surface area contributed by atoms with Gasteiger partial charge in [0.25, 0.3) is 11.5 Å². The normalized spacial score (nSPS) is 21.2. The maximum absolute atomic E-state index is 12.7. The van der Waals surface area contributed by atoms with Gasteiger partial charge in [-0.3, -0.25) is 19.1 Å². The highest BCUT2D eigenvalue weighted by atomic mass is 16.5. The molecule has 0 bridgehead atoms. The van der Waals surface area contributed by atoms with Crippen LogP contribution in [-0.4, -0.2) is 50.6 Å². The molecule has 24 heavy (non-hydrogen) atoms. The molecule has 1 amide bonds. The summed E-state index contributed by atoms with van der Waals surface area (Å²) in [7, 11) is 0. The van der Waals surface area contributed by atoms with Gasteiger partial charge in [0.2, 0.25) is 0 Å². The molecule has 0 radical (unpaired) electrons. The van der Waals surface area contributed by atoms with Gasteiger partial charge in [0.1, 0.15) is 5.65 Å². The van der Waals surface area contributed by atoms with Crippen molar-refractivity contribution in [1.29, 1.82) is 0 Å². The van der Waals surface area contributed by atoms with Gasteiger partial charge in [0.15, 0.2) is 0 Å². The van der Waals surface area contributed by atoms with Gasteiger partial charge in [-0.2, -0.15) is 0 Å². The molecule has 0 spiro atoms. The standard InChI is InChI=1S/C16H20N4O4/c1-4-20-13-12(14(21)18-16(20)23)5-11(6-17-13)15(22)19-7-9(2)24-10(3)8-19/h5-6,9-10H,4,7-8H2,1-3H3,(H,18,21,23)/t9-,10+. The zero-order valence-corrected chi connectivity index (χ0v) is 13.9. The first-order chi connectivity index (χ1) is 11.4. The van der Waals surface area contributed by atoms with Gasteiger partial charge in [-0.15, -0.1) is 0 Å². The Labute approximate surface area is 138 Å². The molecule has 128 valence electrons. The number of nitrogens with one attached hydrogen (secondary N) is 1. The molecule has 0 unspecified atom stereocenters. The second-order valence-electron chi connectivity index (χ2n) is 6.07. The quantitative estimate of drug-likeness (QED) is 0.856. The number of amides is 1. The van der Waals surface area contributed by atoms with Crippen molar-refractivity contribution in [2.24, 2.45) is 0 Å². The summed E-state index contributed by atoms with van der Waals surface area (Å²) < 4.78 is 7.00. The lowest BCUT2D eigenvalue weighted by atomic mass is 10.1. The van der Waals surface area contributed by atoms with Crippen LogP contribution in [0, 0.1) is 0 Å². The predicted octanol–water partition coefficient (Wildman–Crippen LogP) is 0.354. The van der Waals surface area contributed by atoms with Gasteiger partial charge in [0.05, 0.1) is 23.2 Å². The number of pyridine rings is 1. The van der Waals surface area contributed by atoms with Crippen molar-refractivity contribution in [3.05, 3.63) is 38.7 Å². The van der Waals surface area contributed by atoms with E-state index in [1.54, 1.807) is 11.8 Å². The third kappa shape index (κ3) is 2.84. The summed E-state index contributed by atoms with van der Waals surface area (Å²) in [6, 6.07) is 1.50. The maximum Gasteiger partial charge on any atom is 0.329 e. The third-order valence-corrected chi connectivity index (χ3v) is 4.10. The fourth-order valence-electron chi connectivity index (χ4n) is 3.10. The Kier molecular flexibility index (Phi) is 4.23. The SMILES string of the molecule is CCn1c(=O)[nH]c(=O)c2cc(C(=O)N3C[C@@H](C)O[C@@H](C)C3)cnc21. The molecule has 1 N–H and O–H groups in total. The van der Waals surface area contributed by atoms with Crippen molar-refractivity contribution in [2.75, 3.05) is 13.1 Å². The average Bonchev–Trinajstić information content (AvgIpc) is 2.53. The second-order valence-corrected chi connectivity index (χ2v) is 6.07. The molecule has 3 heterocycles. The maximum atomic E-state index is 12.7. The first-order valence-electron chi connectivity index (χ1n) is 7.98. The van der Waals surface area contributed by atoms with E-state index in [9.17, 15) is 14.4 Å². The number of aryl methyl sites for hydroxylation is 1. The van der Waals surface area contributed by atoms with Gasteiger partial charge >= 0.3 is 5.69 Å². The molecule has 3 rings (SSSR count). The second kappa shape index (κ2) is 6.20. The van der Waals surface area contributed by atoms with E-state index in [0.29, 0.717) is 25.2 Å². The van der Waals surface area contributed by atoms with E-state index in [0.717, 1.165) is 0 Å². The number of carbonyl (C=O) groups excluding carboxylic acids is 1. The first-order valence-corrected chi connectivity index (χ1v) is 7.98. The topological polar surface area (TPSA) is 97.3 Å². The minimum Gasteiger partial charge on any atom is -0.372 e. The lowest BCUT2D eigenvalue weighted by Gasteiger charge is -2.35. The van der Waals surface area contributed by atoms with Crippen molar-refractivity contribution >= 4 is 16.9 Å². The Bertz CT molecular complexity index is 891. The Morgan fingerprint density at radius 3 is 2.62 bits per heavy atom. The van der Waals surface area contributed by atoms with Gasteiger partial charge in [-0.25, -0.2) is 9.78 Å². The Morgan fingerprint density at radius 1 is 1.33 bits per heavy atom. The first kappa shape index (κ1) is 16.4. The molecule has 0 saturated carbocycles. The monoisotopic (exact) mass is 332 g/mol. The average molecular weight is 332 g/mol. The number of hydrogen-bond donors (Lipinski definition) is 1. The highest BCUT2D eigenvalue weighted by Gasteiger charge is 2.27. The van der Waals surface area contributed by atoms with Crippen molar-refractivity contribution in [2.45, 2.75) is 39.5 Å². The molecule has 1 saturated heterocycles. The number of aromatic amines is 1. The zero-order valence-electron chi connectivity index (χ0n) is 13.9. The van der Waals surface area contributed by atoms with Gasteiger partial charge < -0.3 is 9.64 Å². The smallest absolute Gasteiger partial charge is 0.329 e. The van der Waals surface area contributed by atoms with E-state index >= 15 is 0 Å². The largest absolute Gasteiger partial charge is 0.372 e. The molecular weight excluding hydrogens is 312 g/mol. The Hall–Kier alpha value is -2.48. The fourth-order valence-corrected chi connectivity index (χ4v) is 3.10.